The van der Waals surface area contributed by atoms with Crippen molar-refractivity contribution in [3.8, 4) is 0 Å². The summed E-state index contributed by atoms with van der Waals surface area (Å²) in [7, 11) is 0. The summed E-state index contributed by atoms with van der Waals surface area (Å²) in [4.78, 5) is 0. The van der Waals surface area contributed by atoms with Crippen molar-refractivity contribution in [1.82, 2.24) is 0 Å². The Bertz CT molecular complexity index is 82.7. The Balaban J connectivity index is 3.79. The van der Waals surface area contributed by atoms with E-state index in [0.29, 0.717) is 0 Å². The third kappa shape index (κ3) is 2.31. The minimum atomic E-state index is -4.97. The van der Waals surface area contributed by atoms with Gasteiger partial charge in [0.2, 0.25) is 0 Å². The Morgan fingerprint density at radius 3 is 1.57 bits per heavy atom. The molecule has 0 fully saturated rings. The Kier molecular flexibility index (Phi) is 1.51. The molecule has 0 heterocycles. The second-order valence-corrected chi connectivity index (χ2v) is 1.15. The molecule has 0 spiro atoms. The van der Waals surface area contributed by atoms with Gasteiger partial charge in [-0.15, -0.1) is 12.1 Å². The molecule has 4 heteroatoms. The highest BCUT2D eigenvalue weighted by atomic mass is 19.4. The Labute approximate surface area is 40.1 Å². The van der Waals surface area contributed by atoms with Gasteiger partial charge in [0.15, 0.2) is 0 Å². The van der Waals surface area contributed by atoms with Crippen LogP contribution in [0.15, 0.2) is 12.1 Å². The zero-order valence-electron chi connectivity index (χ0n) is 3.50. The average molecular weight is 107 g/mol. The van der Waals surface area contributed by atoms with Crippen LogP contribution in [0, 0.1) is 6.92 Å². The molecule has 0 aliphatic carbocycles. The molecule has 7 heavy (non-hydrogen) atoms. The van der Waals surface area contributed by atoms with E-state index in [2.05, 4.69) is 13.5 Å². The summed E-state index contributed by atoms with van der Waals surface area (Å²) in [5.74, 6) is 0. The van der Waals surface area contributed by atoms with E-state index < -0.39 is 12.4 Å². The minimum absolute atomic E-state index is 1.19. The fraction of sp³-hybridized carbons (Fsp3) is 0. The maximum Gasteiger partial charge on any atom is 0.505 e. The Morgan fingerprint density at radius 1 is 1.43 bits per heavy atom. The highest BCUT2D eigenvalue weighted by Gasteiger charge is 2.22. The van der Waals surface area contributed by atoms with E-state index in [-0.39, 0.29) is 0 Å². The lowest BCUT2D eigenvalue weighted by Gasteiger charge is -2.11. The zero-order chi connectivity index (χ0) is 6.08. The lowest BCUT2D eigenvalue weighted by Crippen LogP contribution is -2.15. The first kappa shape index (κ1) is 6.59. The van der Waals surface area contributed by atoms with Crippen LogP contribution in [0.5, 0.6) is 0 Å². The molecule has 0 aromatic rings. The molecule has 0 N–H and O–H groups in total. The van der Waals surface area contributed by atoms with Crippen LogP contribution in [0.4, 0.5) is 12.9 Å². The number of rotatable bonds is 1. The summed E-state index contributed by atoms with van der Waals surface area (Å²) in [5, 5.41) is 0. The van der Waals surface area contributed by atoms with Crippen LogP contribution < -0.4 is 0 Å². The minimum Gasteiger partial charge on any atom is -0.445 e. The quantitative estimate of drug-likeness (QED) is 0.446. The van der Waals surface area contributed by atoms with Gasteiger partial charge in [-0.25, -0.2) is 0 Å². The summed E-state index contributed by atoms with van der Waals surface area (Å²) < 4.78 is 33.0. The Hall–Kier alpha value is -0.405. The monoisotopic (exact) mass is 107 g/mol. The summed E-state index contributed by atoms with van der Waals surface area (Å²) >= 11 is 0. The lowest BCUT2D eigenvalue weighted by atomic mass is 9.82. The molecule has 0 aromatic carbocycles. The predicted molar refractivity (Wildman–Crippen MR) is 22.5 cm³/mol. The molecule has 0 aromatic heterocycles. The van der Waals surface area contributed by atoms with Crippen molar-refractivity contribution in [2.45, 2.75) is 0 Å². The third-order valence-corrected chi connectivity index (χ3v) is 0.420. The van der Waals surface area contributed by atoms with Gasteiger partial charge in [-0.1, -0.05) is 0 Å². The third-order valence-electron chi connectivity index (χ3n) is 0.420. The van der Waals surface area contributed by atoms with E-state index in [0.717, 1.165) is 0 Å². The topological polar surface area (TPSA) is 0 Å². The lowest BCUT2D eigenvalue weighted by molar-refractivity contribution is 0.493. The van der Waals surface area contributed by atoms with Crippen LogP contribution in [-0.4, -0.2) is 6.98 Å². The second-order valence-electron chi connectivity index (χ2n) is 1.15. The molecular weight excluding hydrogens is 104 g/mol. The maximum atomic E-state index is 11.0. The van der Waals surface area contributed by atoms with Crippen LogP contribution in [-0.2, 0) is 0 Å². The molecule has 0 unspecified atom stereocenters. The van der Waals surface area contributed by atoms with Gasteiger partial charge in [-0.3, -0.25) is 0 Å². The van der Waals surface area contributed by atoms with Crippen molar-refractivity contribution in [1.29, 1.82) is 0 Å². The van der Waals surface area contributed by atoms with Crippen LogP contribution in [0.2, 0.25) is 0 Å². The predicted octanol–water partition coefficient (Wildman–Crippen LogP) is 1.64. The van der Waals surface area contributed by atoms with Gasteiger partial charge in [0.1, 0.15) is 0 Å². The SMILES string of the molecule is [CH]C(=C)[B-](F)(F)F. The standard InChI is InChI=1S/C3H3BF3/c1-3(2)4(5,6)7/h1H,2H2/q-1. The van der Waals surface area contributed by atoms with Gasteiger partial charge in [-0.05, 0) is 6.92 Å². The normalized spacial score (nSPS) is 11.4. The van der Waals surface area contributed by atoms with Gasteiger partial charge >= 0.3 is 6.98 Å². The first-order valence-electron chi connectivity index (χ1n) is 1.59. The molecule has 0 nitrogen and oxygen atoms in total. The van der Waals surface area contributed by atoms with Crippen molar-refractivity contribution in [3.05, 3.63) is 19.0 Å². The molecule has 0 aliphatic heterocycles. The average Bonchev–Trinajstić information content (AvgIpc) is 1.31. The summed E-state index contributed by atoms with van der Waals surface area (Å²) in [6.45, 7) is 1.81. The van der Waals surface area contributed by atoms with E-state index in [1.165, 1.54) is 0 Å². The van der Waals surface area contributed by atoms with Crippen molar-refractivity contribution >= 4 is 6.98 Å². The van der Waals surface area contributed by atoms with E-state index in [1.54, 1.807) is 0 Å². The van der Waals surface area contributed by atoms with Crippen LogP contribution in [0.1, 0.15) is 0 Å². The van der Waals surface area contributed by atoms with E-state index in [4.69, 9.17) is 0 Å². The largest absolute Gasteiger partial charge is 0.505 e. The van der Waals surface area contributed by atoms with Gasteiger partial charge in [0.05, 0.1) is 0 Å². The number of allylic oxidation sites excluding steroid dienone is 1. The summed E-state index contributed by atoms with van der Waals surface area (Å²) in [5.41, 5.74) is -1.19. The molecule has 0 saturated carbocycles. The van der Waals surface area contributed by atoms with Crippen molar-refractivity contribution in [3.63, 3.8) is 0 Å². The highest BCUT2D eigenvalue weighted by molar-refractivity contribution is 6.67. The number of hydrogen-bond donors (Lipinski definition) is 0. The Morgan fingerprint density at radius 2 is 1.57 bits per heavy atom. The molecule has 0 rings (SSSR count). The molecule has 0 atom stereocenters. The first-order chi connectivity index (χ1) is 2.94. The fourth-order valence-corrected chi connectivity index (χ4v) is 0. The zero-order valence-corrected chi connectivity index (χ0v) is 3.50. The molecule has 0 aliphatic rings. The summed E-state index contributed by atoms with van der Waals surface area (Å²) in [6.07, 6.45) is 0. The van der Waals surface area contributed by atoms with Gasteiger partial charge in [0.25, 0.3) is 0 Å². The number of halogens is 3. The molecular formula is C3H3BF3-. The molecule has 0 saturated heterocycles. The van der Waals surface area contributed by atoms with Crippen LogP contribution >= 0.6 is 0 Å². The molecule has 0 bridgehead atoms. The second kappa shape index (κ2) is 1.60. The van der Waals surface area contributed by atoms with Crippen molar-refractivity contribution in [2.75, 3.05) is 0 Å². The van der Waals surface area contributed by atoms with E-state index in [9.17, 15) is 12.9 Å². The maximum absolute atomic E-state index is 11.0. The van der Waals surface area contributed by atoms with Crippen LogP contribution in [0.3, 0.4) is 0 Å². The van der Waals surface area contributed by atoms with Gasteiger partial charge in [-0.2, -0.15) is 0 Å². The number of hydrogen-bond acceptors (Lipinski definition) is 0. The molecule has 40 valence electrons. The van der Waals surface area contributed by atoms with Crippen LogP contribution in [0.25, 0.3) is 0 Å². The first-order valence-corrected chi connectivity index (χ1v) is 1.59. The van der Waals surface area contributed by atoms with Gasteiger partial charge < -0.3 is 12.9 Å². The van der Waals surface area contributed by atoms with Crippen molar-refractivity contribution < 1.29 is 12.9 Å². The van der Waals surface area contributed by atoms with Gasteiger partial charge in [0, 0.05) is 0 Å². The fourth-order valence-electron chi connectivity index (χ4n) is 0. The summed E-state index contributed by atoms with van der Waals surface area (Å²) in [6, 6.07) is 0. The highest BCUT2D eigenvalue weighted by Crippen LogP contribution is 2.15. The smallest absolute Gasteiger partial charge is 0.445 e. The van der Waals surface area contributed by atoms with E-state index in [1.807, 2.05) is 0 Å². The molecule has 0 amide bonds. The van der Waals surface area contributed by atoms with E-state index >= 15 is 0 Å². The van der Waals surface area contributed by atoms with Crippen molar-refractivity contribution in [2.24, 2.45) is 0 Å². The molecule has 2 radical (unpaired) electrons.